The van der Waals surface area contributed by atoms with Crippen molar-refractivity contribution in [3.63, 3.8) is 0 Å². The number of hydrogen-bond acceptors (Lipinski definition) is 4. The number of hydrogen-bond donors (Lipinski definition) is 1. The van der Waals surface area contributed by atoms with Crippen molar-refractivity contribution >= 4 is 11.9 Å². The van der Waals surface area contributed by atoms with Gasteiger partial charge in [0, 0.05) is 12.6 Å². The third-order valence-corrected chi connectivity index (χ3v) is 7.06. The number of carbonyl (C=O) groups excluding carboxylic acids is 2. The Morgan fingerprint density at radius 2 is 1.79 bits per heavy atom. The Balaban J connectivity index is 1.52. The maximum Gasteiger partial charge on any atom is 0.326 e. The summed E-state index contributed by atoms with van der Waals surface area (Å²) in [6.45, 7) is 3.50. The van der Waals surface area contributed by atoms with Crippen molar-refractivity contribution in [3.8, 4) is 5.75 Å². The van der Waals surface area contributed by atoms with Crippen LogP contribution in [0.2, 0.25) is 0 Å². The third kappa shape index (κ3) is 4.00. The molecular weight excluding hydrogens is 366 g/mol. The van der Waals surface area contributed by atoms with E-state index in [1.165, 1.54) is 16.9 Å². The summed E-state index contributed by atoms with van der Waals surface area (Å²) in [5, 5.41) is 3.06. The Labute approximate surface area is 173 Å². The number of likely N-dealkylation sites (tertiary alicyclic amines) is 1. The lowest BCUT2D eigenvalue weighted by molar-refractivity contribution is -0.134. The zero-order chi connectivity index (χ0) is 20.4. The molecule has 3 amide bonds. The fraction of sp³-hybridized carbons (Fsp3) is 0.652. The van der Waals surface area contributed by atoms with Crippen LogP contribution in [-0.2, 0) is 4.79 Å². The molecule has 1 aromatic carbocycles. The van der Waals surface area contributed by atoms with Gasteiger partial charge in [0.25, 0.3) is 5.91 Å². The average molecular weight is 400 g/mol. The Hall–Kier alpha value is -2.08. The Morgan fingerprint density at radius 1 is 1.07 bits per heavy atom. The molecule has 1 aliphatic carbocycles. The molecule has 1 N–H and O–H groups in total. The lowest BCUT2D eigenvalue weighted by atomic mass is 9.77. The van der Waals surface area contributed by atoms with Gasteiger partial charge < -0.3 is 10.1 Å². The van der Waals surface area contributed by atoms with E-state index < -0.39 is 5.54 Å². The van der Waals surface area contributed by atoms with Crippen molar-refractivity contribution in [1.29, 1.82) is 0 Å². The minimum absolute atomic E-state index is 0.0212. The quantitative estimate of drug-likeness (QED) is 0.776. The molecule has 6 nitrogen and oxygen atoms in total. The van der Waals surface area contributed by atoms with E-state index in [1.54, 1.807) is 7.11 Å². The molecule has 3 fully saturated rings. The third-order valence-electron chi connectivity index (χ3n) is 7.06. The molecule has 1 aromatic rings. The Morgan fingerprint density at radius 3 is 2.48 bits per heavy atom. The standard InChI is InChI=1S/C23H33N3O3/c1-17-11-13-23(14-12-17)21(27)26(22(28)24-23)16-25-15-5-3-4-6-20(25)18-7-9-19(29-2)10-8-18/h7-10,17,20H,3-6,11-16H2,1-2H3,(H,24,28)/t17?,20-,23?/m1/s1. The molecule has 2 aliphatic heterocycles. The molecule has 29 heavy (non-hydrogen) atoms. The fourth-order valence-electron chi connectivity index (χ4n) is 5.12. The highest BCUT2D eigenvalue weighted by molar-refractivity contribution is 6.07. The molecule has 2 saturated heterocycles. The topological polar surface area (TPSA) is 61.9 Å². The molecule has 3 aliphatic rings. The first-order valence-corrected chi connectivity index (χ1v) is 11.0. The molecule has 2 heterocycles. The molecule has 0 aromatic heterocycles. The van der Waals surface area contributed by atoms with E-state index >= 15 is 0 Å². The van der Waals surface area contributed by atoms with Crippen LogP contribution < -0.4 is 10.1 Å². The first-order valence-electron chi connectivity index (χ1n) is 11.0. The van der Waals surface area contributed by atoms with Crippen molar-refractivity contribution < 1.29 is 14.3 Å². The van der Waals surface area contributed by atoms with Crippen LogP contribution in [0.4, 0.5) is 4.79 Å². The average Bonchev–Trinajstić information content (AvgIpc) is 2.89. The SMILES string of the molecule is COc1ccc([C@H]2CCCCCN2CN2C(=O)NC3(CCC(C)CC3)C2=O)cc1. The molecule has 1 saturated carbocycles. The van der Waals surface area contributed by atoms with Gasteiger partial charge in [0.15, 0.2) is 0 Å². The molecule has 158 valence electrons. The van der Waals surface area contributed by atoms with Crippen molar-refractivity contribution in [3.05, 3.63) is 29.8 Å². The van der Waals surface area contributed by atoms with Crippen LogP contribution in [0, 0.1) is 5.92 Å². The zero-order valence-corrected chi connectivity index (χ0v) is 17.7. The van der Waals surface area contributed by atoms with Gasteiger partial charge in [0.05, 0.1) is 13.8 Å². The van der Waals surface area contributed by atoms with Gasteiger partial charge in [-0.15, -0.1) is 0 Å². The molecule has 0 radical (unpaired) electrons. The number of nitrogens with zero attached hydrogens (tertiary/aromatic N) is 2. The summed E-state index contributed by atoms with van der Waals surface area (Å²) in [7, 11) is 1.67. The van der Waals surface area contributed by atoms with E-state index in [9.17, 15) is 9.59 Å². The van der Waals surface area contributed by atoms with E-state index in [0.29, 0.717) is 12.6 Å². The lowest BCUT2D eigenvalue weighted by Gasteiger charge is -2.35. The first-order chi connectivity index (χ1) is 14.0. The number of imide groups is 1. The van der Waals surface area contributed by atoms with Gasteiger partial charge in [-0.2, -0.15) is 0 Å². The first kappa shape index (κ1) is 20.2. The molecule has 6 heteroatoms. The number of rotatable bonds is 4. The predicted octanol–water partition coefficient (Wildman–Crippen LogP) is 4.07. The summed E-state index contributed by atoms with van der Waals surface area (Å²) in [6, 6.07) is 8.19. The van der Waals surface area contributed by atoms with Crippen LogP contribution >= 0.6 is 0 Å². The van der Waals surface area contributed by atoms with E-state index in [4.69, 9.17) is 4.74 Å². The maximum atomic E-state index is 13.3. The molecule has 4 rings (SSSR count). The van der Waals surface area contributed by atoms with Gasteiger partial charge >= 0.3 is 6.03 Å². The lowest BCUT2D eigenvalue weighted by Crippen LogP contribution is -2.50. The predicted molar refractivity (Wildman–Crippen MR) is 112 cm³/mol. The molecular formula is C23H33N3O3. The van der Waals surface area contributed by atoms with E-state index in [1.807, 2.05) is 12.1 Å². The summed E-state index contributed by atoms with van der Waals surface area (Å²) in [6.07, 6.45) is 8.00. The van der Waals surface area contributed by atoms with Crippen LogP contribution in [0.15, 0.2) is 24.3 Å². The fourth-order valence-corrected chi connectivity index (χ4v) is 5.12. The maximum absolute atomic E-state index is 13.3. The summed E-state index contributed by atoms with van der Waals surface area (Å²) in [5.74, 6) is 1.45. The molecule has 0 bridgehead atoms. The van der Waals surface area contributed by atoms with Crippen LogP contribution in [0.25, 0.3) is 0 Å². The van der Waals surface area contributed by atoms with Crippen LogP contribution in [0.5, 0.6) is 5.75 Å². The summed E-state index contributed by atoms with van der Waals surface area (Å²) < 4.78 is 5.30. The van der Waals surface area contributed by atoms with Gasteiger partial charge in [-0.1, -0.05) is 31.9 Å². The van der Waals surface area contributed by atoms with Crippen molar-refractivity contribution in [2.24, 2.45) is 5.92 Å². The molecule has 0 unspecified atom stereocenters. The Kier molecular flexibility index (Phi) is 5.81. The second kappa shape index (κ2) is 8.34. The zero-order valence-electron chi connectivity index (χ0n) is 17.7. The number of amides is 3. The van der Waals surface area contributed by atoms with Gasteiger partial charge in [0.2, 0.25) is 0 Å². The summed E-state index contributed by atoms with van der Waals surface area (Å²) >= 11 is 0. The van der Waals surface area contributed by atoms with Gasteiger partial charge in [-0.3, -0.25) is 9.69 Å². The van der Waals surface area contributed by atoms with Crippen molar-refractivity contribution in [2.45, 2.75) is 69.9 Å². The van der Waals surface area contributed by atoms with E-state index in [2.05, 4.69) is 29.3 Å². The number of ether oxygens (including phenoxy) is 1. The van der Waals surface area contributed by atoms with Gasteiger partial charge in [-0.05, 0) is 62.1 Å². The van der Waals surface area contributed by atoms with Gasteiger partial charge in [0.1, 0.15) is 11.3 Å². The minimum Gasteiger partial charge on any atom is -0.497 e. The largest absolute Gasteiger partial charge is 0.497 e. The van der Waals surface area contributed by atoms with E-state index in [-0.39, 0.29) is 18.0 Å². The normalized spacial score (nSPS) is 31.0. The summed E-state index contributed by atoms with van der Waals surface area (Å²) in [5.41, 5.74) is 0.561. The van der Waals surface area contributed by atoms with Crippen LogP contribution in [0.3, 0.4) is 0 Å². The molecule has 1 atom stereocenters. The monoisotopic (exact) mass is 399 g/mol. The highest BCUT2D eigenvalue weighted by Crippen LogP contribution is 2.37. The number of nitrogens with one attached hydrogen (secondary N) is 1. The van der Waals surface area contributed by atoms with Gasteiger partial charge in [-0.25, -0.2) is 9.69 Å². The smallest absolute Gasteiger partial charge is 0.326 e. The number of methoxy groups -OCH3 is 1. The number of benzene rings is 1. The summed E-state index contributed by atoms with van der Waals surface area (Å²) in [4.78, 5) is 29.8. The van der Waals surface area contributed by atoms with Crippen LogP contribution in [-0.4, -0.2) is 47.6 Å². The number of urea groups is 1. The second-order valence-corrected chi connectivity index (χ2v) is 9.02. The van der Waals surface area contributed by atoms with Crippen LogP contribution in [0.1, 0.15) is 69.9 Å². The van der Waals surface area contributed by atoms with E-state index in [0.717, 1.165) is 57.2 Å². The number of carbonyl (C=O) groups is 2. The highest BCUT2D eigenvalue weighted by atomic mass is 16.5. The van der Waals surface area contributed by atoms with Crippen molar-refractivity contribution in [2.75, 3.05) is 20.3 Å². The molecule has 1 spiro atoms. The minimum atomic E-state index is -0.662. The Bertz CT molecular complexity index is 740. The highest BCUT2D eigenvalue weighted by Gasteiger charge is 2.52. The van der Waals surface area contributed by atoms with Crippen molar-refractivity contribution in [1.82, 2.24) is 15.1 Å². The second-order valence-electron chi connectivity index (χ2n) is 9.02.